The summed E-state index contributed by atoms with van der Waals surface area (Å²) in [6.07, 6.45) is 3.91. The van der Waals surface area contributed by atoms with Crippen LogP contribution >= 0.6 is 0 Å². The van der Waals surface area contributed by atoms with Crippen molar-refractivity contribution in [2.24, 2.45) is 0 Å². The van der Waals surface area contributed by atoms with Gasteiger partial charge in [-0.15, -0.1) is 0 Å². The van der Waals surface area contributed by atoms with Crippen molar-refractivity contribution in [1.82, 2.24) is 10.6 Å². The number of allylic oxidation sites excluding steroid dienone is 1. The van der Waals surface area contributed by atoms with Crippen LogP contribution in [0.5, 0.6) is 0 Å². The molecule has 0 aliphatic carbocycles. The molecule has 1 aliphatic rings. The van der Waals surface area contributed by atoms with E-state index >= 15 is 0 Å². The summed E-state index contributed by atoms with van der Waals surface area (Å²) < 4.78 is 0. The Hall–Kier alpha value is -0.830. The minimum absolute atomic E-state index is 0.0756. The van der Waals surface area contributed by atoms with Crippen LogP contribution in [0.3, 0.4) is 0 Å². The molecular weight excluding hydrogens is 176 g/mol. The first kappa shape index (κ1) is 11.2. The molecule has 1 rings (SSSR count). The Labute approximate surface area is 86.0 Å². The van der Waals surface area contributed by atoms with Gasteiger partial charge in [-0.25, -0.2) is 0 Å². The van der Waals surface area contributed by atoms with Crippen LogP contribution in [0, 0.1) is 0 Å². The summed E-state index contributed by atoms with van der Waals surface area (Å²) in [7, 11) is 0. The van der Waals surface area contributed by atoms with Crippen molar-refractivity contribution >= 4 is 5.91 Å². The van der Waals surface area contributed by atoms with E-state index in [4.69, 9.17) is 0 Å². The van der Waals surface area contributed by atoms with E-state index in [-0.39, 0.29) is 5.91 Å². The summed E-state index contributed by atoms with van der Waals surface area (Å²) in [5.41, 5.74) is 0.802. The average molecular weight is 196 g/mol. The van der Waals surface area contributed by atoms with Gasteiger partial charge in [-0.05, 0) is 40.2 Å². The Morgan fingerprint density at radius 3 is 2.86 bits per heavy atom. The molecule has 0 aromatic carbocycles. The van der Waals surface area contributed by atoms with Crippen molar-refractivity contribution in [1.29, 1.82) is 0 Å². The van der Waals surface area contributed by atoms with Gasteiger partial charge in [-0.2, -0.15) is 0 Å². The van der Waals surface area contributed by atoms with E-state index in [9.17, 15) is 4.79 Å². The Balaban J connectivity index is 2.40. The van der Waals surface area contributed by atoms with Gasteiger partial charge in [0, 0.05) is 17.7 Å². The van der Waals surface area contributed by atoms with Crippen LogP contribution in [0.25, 0.3) is 0 Å². The highest BCUT2D eigenvalue weighted by Gasteiger charge is 2.19. The summed E-state index contributed by atoms with van der Waals surface area (Å²) in [6, 6.07) is 0.855. The molecule has 0 saturated carbocycles. The molecule has 3 nitrogen and oxygen atoms in total. The standard InChI is InChI=1S/C11H20N2O/c1-4-8(2)11(14)13-10-5-6-12-9(3)7-10/h4,9-10,12H,5-7H2,1-3H3,(H,13,14)/b8-4-. The monoisotopic (exact) mass is 196 g/mol. The topological polar surface area (TPSA) is 41.1 Å². The lowest BCUT2D eigenvalue weighted by molar-refractivity contribution is -0.118. The smallest absolute Gasteiger partial charge is 0.246 e. The van der Waals surface area contributed by atoms with Crippen LogP contribution in [-0.2, 0) is 4.79 Å². The van der Waals surface area contributed by atoms with E-state index in [1.165, 1.54) is 0 Å². The van der Waals surface area contributed by atoms with Crippen molar-refractivity contribution in [2.45, 2.75) is 45.7 Å². The SMILES string of the molecule is C/C=C(/C)C(=O)NC1CCNC(C)C1. The summed E-state index contributed by atoms with van der Waals surface area (Å²) in [6.45, 7) is 6.89. The quantitative estimate of drug-likeness (QED) is 0.652. The lowest BCUT2D eigenvalue weighted by atomic mass is 10.0. The van der Waals surface area contributed by atoms with Crippen molar-refractivity contribution < 1.29 is 4.79 Å². The van der Waals surface area contributed by atoms with Crippen LogP contribution in [0.2, 0.25) is 0 Å². The van der Waals surface area contributed by atoms with Gasteiger partial charge >= 0.3 is 0 Å². The van der Waals surface area contributed by atoms with E-state index < -0.39 is 0 Å². The van der Waals surface area contributed by atoms with Crippen molar-refractivity contribution in [3.05, 3.63) is 11.6 Å². The predicted octanol–water partition coefficient (Wildman–Crippen LogP) is 1.21. The molecule has 80 valence electrons. The number of carbonyl (C=O) groups is 1. The van der Waals surface area contributed by atoms with Gasteiger partial charge in [0.15, 0.2) is 0 Å². The first-order valence-corrected chi connectivity index (χ1v) is 5.30. The molecule has 1 heterocycles. The van der Waals surface area contributed by atoms with Crippen LogP contribution in [0.4, 0.5) is 0 Å². The van der Waals surface area contributed by atoms with E-state index in [1.54, 1.807) is 0 Å². The fourth-order valence-corrected chi connectivity index (χ4v) is 1.69. The van der Waals surface area contributed by atoms with Gasteiger partial charge in [0.2, 0.25) is 5.91 Å². The Kier molecular flexibility index (Phi) is 4.14. The van der Waals surface area contributed by atoms with E-state index in [0.717, 1.165) is 25.0 Å². The molecule has 3 heteroatoms. The van der Waals surface area contributed by atoms with E-state index in [2.05, 4.69) is 17.6 Å². The molecule has 1 amide bonds. The molecule has 0 spiro atoms. The number of piperidine rings is 1. The highest BCUT2D eigenvalue weighted by Crippen LogP contribution is 2.08. The van der Waals surface area contributed by atoms with Crippen LogP contribution in [0.15, 0.2) is 11.6 Å². The van der Waals surface area contributed by atoms with Crippen LogP contribution in [-0.4, -0.2) is 24.5 Å². The lowest BCUT2D eigenvalue weighted by Crippen LogP contribution is -2.46. The second-order valence-electron chi connectivity index (χ2n) is 4.02. The third kappa shape index (κ3) is 3.14. The molecule has 1 fully saturated rings. The highest BCUT2D eigenvalue weighted by molar-refractivity contribution is 5.92. The minimum Gasteiger partial charge on any atom is -0.349 e. The number of nitrogens with one attached hydrogen (secondary N) is 2. The van der Waals surface area contributed by atoms with Gasteiger partial charge in [-0.3, -0.25) is 4.79 Å². The van der Waals surface area contributed by atoms with Crippen molar-refractivity contribution in [2.75, 3.05) is 6.54 Å². The highest BCUT2D eigenvalue weighted by atomic mass is 16.1. The lowest BCUT2D eigenvalue weighted by Gasteiger charge is -2.28. The molecule has 14 heavy (non-hydrogen) atoms. The number of carbonyl (C=O) groups excluding carboxylic acids is 1. The average Bonchev–Trinajstić information content (AvgIpc) is 2.16. The van der Waals surface area contributed by atoms with Crippen LogP contribution < -0.4 is 10.6 Å². The summed E-state index contributed by atoms with van der Waals surface area (Å²) >= 11 is 0. The number of hydrogen-bond acceptors (Lipinski definition) is 2. The van der Waals surface area contributed by atoms with Gasteiger partial charge in [0.25, 0.3) is 0 Å². The first-order chi connectivity index (χ1) is 6.63. The molecule has 0 radical (unpaired) electrons. The second kappa shape index (κ2) is 5.15. The first-order valence-electron chi connectivity index (χ1n) is 5.30. The third-order valence-corrected chi connectivity index (χ3v) is 2.75. The molecule has 2 atom stereocenters. The van der Waals surface area contributed by atoms with Crippen LogP contribution in [0.1, 0.15) is 33.6 Å². The normalized spacial score (nSPS) is 28.6. The van der Waals surface area contributed by atoms with Gasteiger partial charge in [-0.1, -0.05) is 6.08 Å². The van der Waals surface area contributed by atoms with E-state index in [0.29, 0.717) is 12.1 Å². The Bertz CT molecular complexity index is 235. The Morgan fingerprint density at radius 1 is 1.57 bits per heavy atom. The maximum Gasteiger partial charge on any atom is 0.246 e. The van der Waals surface area contributed by atoms with E-state index in [1.807, 2.05) is 19.9 Å². The van der Waals surface area contributed by atoms with Crippen molar-refractivity contribution in [3.8, 4) is 0 Å². The maximum atomic E-state index is 11.5. The molecular formula is C11H20N2O. The minimum atomic E-state index is 0.0756. The fourth-order valence-electron chi connectivity index (χ4n) is 1.69. The largest absolute Gasteiger partial charge is 0.349 e. The second-order valence-corrected chi connectivity index (χ2v) is 4.02. The third-order valence-electron chi connectivity index (χ3n) is 2.75. The zero-order chi connectivity index (χ0) is 10.6. The zero-order valence-corrected chi connectivity index (χ0v) is 9.26. The van der Waals surface area contributed by atoms with Crippen molar-refractivity contribution in [3.63, 3.8) is 0 Å². The maximum absolute atomic E-state index is 11.5. The zero-order valence-electron chi connectivity index (χ0n) is 9.26. The molecule has 0 aromatic heterocycles. The molecule has 1 aliphatic heterocycles. The molecule has 0 aromatic rings. The van der Waals surface area contributed by atoms with Gasteiger partial charge < -0.3 is 10.6 Å². The summed E-state index contributed by atoms with van der Waals surface area (Å²) in [5, 5.41) is 6.42. The molecule has 1 saturated heterocycles. The summed E-state index contributed by atoms with van der Waals surface area (Å²) in [4.78, 5) is 11.5. The Morgan fingerprint density at radius 2 is 2.29 bits per heavy atom. The predicted molar refractivity (Wildman–Crippen MR) is 58.1 cm³/mol. The number of amides is 1. The molecule has 2 unspecified atom stereocenters. The number of hydrogen-bond donors (Lipinski definition) is 2. The number of rotatable bonds is 2. The van der Waals surface area contributed by atoms with Gasteiger partial charge in [0.1, 0.15) is 0 Å². The molecule has 2 N–H and O–H groups in total. The summed E-state index contributed by atoms with van der Waals surface area (Å²) in [5.74, 6) is 0.0756. The molecule has 0 bridgehead atoms. The fraction of sp³-hybridized carbons (Fsp3) is 0.727. The van der Waals surface area contributed by atoms with Gasteiger partial charge in [0.05, 0.1) is 0 Å².